The lowest BCUT2D eigenvalue weighted by Crippen LogP contribution is -2.42. The molecule has 1 N–H and O–H groups in total. The summed E-state index contributed by atoms with van der Waals surface area (Å²) in [5.41, 5.74) is 1.52. The molecule has 0 bridgehead atoms. The number of carbonyl (C=O) groups is 2. The molecule has 0 saturated heterocycles. The summed E-state index contributed by atoms with van der Waals surface area (Å²) in [5.74, 6) is -0.754. The molecule has 1 atom stereocenters. The standard InChI is InChI=1S/C21H25FN2O2/c1-3-4-14-23-21(26)20(18-8-6-5-7-9-18)24(16(2)25)15-17-10-12-19(22)13-11-17/h5-13,20H,3-4,14-15H2,1-2H3,(H,23,26). The second kappa shape index (κ2) is 9.70. The number of nitrogens with zero attached hydrogens (tertiary/aromatic N) is 1. The number of carbonyl (C=O) groups excluding carboxylic acids is 2. The molecule has 138 valence electrons. The first-order valence-corrected chi connectivity index (χ1v) is 8.87. The monoisotopic (exact) mass is 356 g/mol. The number of amides is 2. The number of nitrogens with one attached hydrogen (secondary N) is 1. The normalized spacial score (nSPS) is 11.7. The van der Waals surface area contributed by atoms with Crippen LogP contribution in [0.5, 0.6) is 0 Å². The van der Waals surface area contributed by atoms with Gasteiger partial charge in [-0.1, -0.05) is 55.8 Å². The van der Waals surface area contributed by atoms with Crippen LogP contribution >= 0.6 is 0 Å². The molecule has 4 nitrogen and oxygen atoms in total. The molecule has 5 heteroatoms. The van der Waals surface area contributed by atoms with Crippen molar-refractivity contribution in [3.05, 3.63) is 71.5 Å². The molecule has 2 amide bonds. The van der Waals surface area contributed by atoms with Crippen molar-refractivity contribution in [1.29, 1.82) is 0 Å². The zero-order chi connectivity index (χ0) is 18.9. The molecule has 0 aliphatic rings. The highest BCUT2D eigenvalue weighted by Crippen LogP contribution is 2.24. The second-order valence-corrected chi connectivity index (χ2v) is 6.23. The molecule has 2 aromatic carbocycles. The van der Waals surface area contributed by atoms with Crippen LogP contribution in [0.1, 0.15) is 43.9 Å². The molecule has 0 heterocycles. The minimum atomic E-state index is -0.726. The SMILES string of the molecule is CCCCNC(=O)C(c1ccccc1)N(Cc1ccc(F)cc1)C(C)=O. The van der Waals surface area contributed by atoms with Crippen LogP contribution in [0.15, 0.2) is 54.6 Å². The van der Waals surface area contributed by atoms with E-state index in [1.54, 1.807) is 12.1 Å². The lowest BCUT2D eigenvalue weighted by Gasteiger charge is -2.30. The summed E-state index contributed by atoms with van der Waals surface area (Å²) >= 11 is 0. The maximum atomic E-state index is 13.2. The first kappa shape index (κ1) is 19.6. The maximum Gasteiger partial charge on any atom is 0.247 e. The Hall–Kier alpha value is -2.69. The van der Waals surface area contributed by atoms with E-state index < -0.39 is 6.04 Å². The highest BCUT2D eigenvalue weighted by molar-refractivity contribution is 5.88. The average molecular weight is 356 g/mol. The predicted molar refractivity (Wildman–Crippen MR) is 99.7 cm³/mol. The van der Waals surface area contributed by atoms with Gasteiger partial charge >= 0.3 is 0 Å². The summed E-state index contributed by atoms with van der Waals surface area (Å²) in [7, 11) is 0. The molecule has 1 unspecified atom stereocenters. The maximum absolute atomic E-state index is 13.2. The first-order valence-electron chi connectivity index (χ1n) is 8.87. The van der Waals surface area contributed by atoms with E-state index in [1.807, 2.05) is 30.3 Å². The van der Waals surface area contributed by atoms with E-state index in [9.17, 15) is 14.0 Å². The number of halogens is 1. The van der Waals surface area contributed by atoms with E-state index in [-0.39, 0.29) is 24.2 Å². The highest BCUT2D eigenvalue weighted by atomic mass is 19.1. The molecule has 0 aliphatic carbocycles. The fourth-order valence-corrected chi connectivity index (χ4v) is 2.76. The third-order valence-corrected chi connectivity index (χ3v) is 4.18. The van der Waals surface area contributed by atoms with E-state index in [2.05, 4.69) is 12.2 Å². The molecule has 0 fully saturated rings. The summed E-state index contributed by atoms with van der Waals surface area (Å²) in [5, 5.41) is 2.92. The lowest BCUT2D eigenvalue weighted by molar-refractivity contribution is -0.140. The first-order chi connectivity index (χ1) is 12.5. The van der Waals surface area contributed by atoms with Crippen molar-refractivity contribution < 1.29 is 14.0 Å². The Balaban J connectivity index is 2.30. The molecule has 0 radical (unpaired) electrons. The smallest absolute Gasteiger partial charge is 0.247 e. The average Bonchev–Trinajstić information content (AvgIpc) is 2.64. The van der Waals surface area contributed by atoms with E-state index >= 15 is 0 Å². The van der Waals surface area contributed by atoms with Gasteiger partial charge in [0.1, 0.15) is 11.9 Å². The van der Waals surface area contributed by atoms with Crippen molar-refractivity contribution in [2.75, 3.05) is 6.54 Å². The van der Waals surface area contributed by atoms with E-state index in [1.165, 1.54) is 24.0 Å². The molecule has 2 rings (SSSR count). The van der Waals surface area contributed by atoms with Crippen molar-refractivity contribution in [3.63, 3.8) is 0 Å². The molecule has 0 saturated carbocycles. The number of hydrogen-bond acceptors (Lipinski definition) is 2. The third kappa shape index (κ3) is 5.41. The summed E-state index contributed by atoms with van der Waals surface area (Å²) in [6.07, 6.45) is 1.85. The fourth-order valence-electron chi connectivity index (χ4n) is 2.76. The molecular weight excluding hydrogens is 331 g/mol. The quantitative estimate of drug-likeness (QED) is 0.731. The zero-order valence-electron chi connectivity index (χ0n) is 15.2. The van der Waals surface area contributed by atoms with Crippen molar-refractivity contribution >= 4 is 11.8 Å². The van der Waals surface area contributed by atoms with Crippen LogP contribution in [-0.2, 0) is 16.1 Å². The largest absolute Gasteiger partial charge is 0.354 e. The van der Waals surface area contributed by atoms with Gasteiger partial charge in [0.2, 0.25) is 11.8 Å². The van der Waals surface area contributed by atoms with Crippen LogP contribution in [-0.4, -0.2) is 23.3 Å². The highest BCUT2D eigenvalue weighted by Gasteiger charge is 2.29. The number of benzene rings is 2. The Kier molecular flexibility index (Phi) is 7.33. The summed E-state index contributed by atoms with van der Waals surface area (Å²) in [6.45, 7) is 4.30. The van der Waals surface area contributed by atoms with Crippen LogP contribution in [0.2, 0.25) is 0 Å². The van der Waals surface area contributed by atoms with Gasteiger partial charge in [0.15, 0.2) is 0 Å². The van der Waals surface area contributed by atoms with Gasteiger partial charge in [-0.15, -0.1) is 0 Å². The predicted octanol–water partition coefficient (Wildman–Crippen LogP) is 3.83. The molecule has 0 aromatic heterocycles. The Morgan fingerprint density at radius 3 is 2.31 bits per heavy atom. The zero-order valence-corrected chi connectivity index (χ0v) is 15.2. The number of hydrogen-bond donors (Lipinski definition) is 1. The number of rotatable bonds is 8. The van der Waals surface area contributed by atoms with Crippen LogP contribution in [0, 0.1) is 5.82 Å². The molecule has 0 spiro atoms. The second-order valence-electron chi connectivity index (χ2n) is 6.23. The summed E-state index contributed by atoms with van der Waals surface area (Å²) in [6, 6.07) is 14.5. The van der Waals surface area contributed by atoms with Gasteiger partial charge in [-0.3, -0.25) is 9.59 Å². The Morgan fingerprint density at radius 2 is 1.73 bits per heavy atom. The fraction of sp³-hybridized carbons (Fsp3) is 0.333. The van der Waals surface area contributed by atoms with Gasteiger partial charge in [0, 0.05) is 20.0 Å². The minimum Gasteiger partial charge on any atom is -0.354 e. The van der Waals surface area contributed by atoms with Crippen molar-refractivity contribution in [3.8, 4) is 0 Å². The van der Waals surface area contributed by atoms with Gasteiger partial charge in [-0.2, -0.15) is 0 Å². The van der Waals surface area contributed by atoms with E-state index in [0.29, 0.717) is 6.54 Å². The van der Waals surface area contributed by atoms with Crippen LogP contribution < -0.4 is 5.32 Å². The van der Waals surface area contributed by atoms with Gasteiger partial charge in [-0.05, 0) is 29.7 Å². The molecule has 0 aliphatic heterocycles. The Bertz CT molecular complexity index is 717. The van der Waals surface area contributed by atoms with E-state index in [4.69, 9.17) is 0 Å². The number of unbranched alkanes of at least 4 members (excludes halogenated alkanes) is 1. The van der Waals surface area contributed by atoms with Crippen LogP contribution in [0.4, 0.5) is 4.39 Å². The molecule has 26 heavy (non-hydrogen) atoms. The minimum absolute atomic E-state index is 0.207. The summed E-state index contributed by atoms with van der Waals surface area (Å²) < 4.78 is 13.2. The van der Waals surface area contributed by atoms with Crippen LogP contribution in [0.3, 0.4) is 0 Å². The van der Waals surface area contributed by atoms with Crippen molar-refractivity contribution in [2.45, 2.75) is 39.3 Å². The van der Waals surface area contributed by atoms with Crippen molar-refractivity contribution in [2.24, 2.45) is 0 Å². The molecule has 2 aromatic rings. The van der Waals surface area contributed by atoms with Crippen molar-refractivity contribution in [1.82, 2.24) is 10.2 Å². The van der Waals surface area contributed by atoms with Gasteiger partial charge in [0.25, 0.3) is 0 Å². The Labute approximate surface area is 154 Å². The van der Waals surface area contributed by atoms with Gasteiger partial charge in [-0.25, -0.2) is 4.39 Å². The third-order valence-electron chi connectivity index (χ3n) is 4.18. The van der Waals surface area contributed by atoms with Crippen LogP contribution in [0.25, 0.3) is 0 Å². The van der Waals surface area contributed by atoms with Gasteiger partial charge < -0.3 is 10.2 Å². The molecular formula is C21H25FN2O2. The van der Waals surface area contributed by atoms with E-state index in [0.717, 1.165) is 24.0 Å². The lowest BCUT2D eigenvalue weighted by atomic mass is 10.0. The topological polar surface area (TPSA) is 49.4 Å². The Morgan fingerprint density at radius 1 is 1.08 bits per heavy atom. The summed E-state index contributed by atoms with van der Waals surface area (Å²) in [4.78, 5) is 26.7. The van der Waals surface area contributed by atoms with Gasteiger partial charge in [0.05, 0.1) is 0 Å².